The Hall–Kier alpha value is -1.10. The zero-order chi connectivity index (χ0) is 10.3. The number of nitrogens with zero attached hydrogens (tertiary/aromatic N) is 2. The third-order valence-electron chi connectivity index (χ3n) is 2.69. The summed E-state index contributed by atoms with van der Waals surface area (Å²) in [5.74, 6) is 0.882. The van der Waals surface area contributed by atoms with Gasteiger partial charge in [-0.2, -0.15) is 0 Å². The normalized spacial score (nSPS) is 27.1. The number of ether oxygens (including phenoxy) is 1. The number of fused-ring (bicyclic) bond motifs is 3. The van der Waals surface area contributed by atoms with Crippen molar-refractivity contribution in [3.8, 4) is 5.88 Å². The van der Waals surface area contributed by atoms with E-state index in [-0.39, 0.29) is 12.0 Å². The number of aromatic nitrogens is 1. The number of rotatable bonds is 1. The van der Waals surface area contributed by atoms with Gasteiger partial charge in [0.15, 0.2) is 0 Å². The van der Waals surface area contributed by atoms with Crippen molar-refractivity contribution in [2.24, 2.45) is 11.1 Å². The molecule has 78 valence electrons. The van der Waals surface area contributed by atoms with E-state index in [4.69, 9.17) is 9.57 Å². The molecule has 2 atom stereocenters. The van der Waals surface area contributed by atoms with Crippen molar-refractivity contribution < 1.29 is 9.57 Å². The number of alkyl halides is 1. The second-order valence-electron chi connectivity index (χ2n) is 3.55. The zero-order valence-electron chi connectivity index (χ0n) is 7.89. The second kappa shape index (κ2) is 3.48. The quantitative estimate of drug-likeness (QED) is 0.727. The lowest BCUT2D eigenvalue weighted by atomic mass is 9.93. The molecule has 0 bridgehead atoms. The molecule has 0 aromatic carbocycles. The Kier molecular flexibility index (Phi) is 2.12. The van der Waals surface area contributed by atoms with Crippen LogP contribution in [0, 0.1) is 5.92 Å². The Morgan fingerprint density at radius 2 is 2.47 bits per heavy atom. The maximum absolute atomic E-state index is 5.58. The van der Waals surface area contributed by atoms with Crippen molar-refractivity contribution in [2.45, 2.75) is 6.10 Å². The van der Waals surface area contributed by atoms with E-state index in [2.05, 4.69) is 26.1 Å². The summed E-state index contributed by atoms with van der Waals surface area (Å²) in [4.78, 5) is 9.50. The van der Waals surface area contributed by atoms with E-state index < -0.39 is 0 Å². The van der Waals surface area contributed by atoms with E-state index >= 15 is 0 Å². The molecule has 5 heteroatoms. The number of pyridine rings is 1. The standard InChI is InChI=1S/C10H9BrN2O2/c11-4-8-7-5-14-10-6(2-1-3-12-10)9(7)13-15-8/h1-3,7-8H,4-5H2. The Labute approximate surface area is 95.4 Å². The van der Waals surface area contributed by atoms with Gasteiger partial charge in [0.1, 0.15) is 18.4 Å². The van der Waals surface area contributed by atoms with E-state index in [1.54, 1.807) is 6.20 Å². The number of oxime groups is 1. The van der Waals surface area contributed by atoms with Crippen LogP contribution in [-0.2, 0) is 4.84 Å². The van der Waals surface area contributed by atoms with E-state index in [0.717, 1.165) is 16.6 Å². The van der Waals surface area contributed by atoms with Crippen LogP contribution in [0.15, 0.2) is 23.5 Å². The molecule has 0 aliphatic carbocycles. The summed E-state index contributed by atoms with van der Waals surface area (Å²) in [7, 11) is 0. The monoisotopic (exact) mass is 268 g/mol. The molecule has 3 rings (SSSR count). The minimum absolute atomic E-state index is 0.0772. The Balaban J connectivity index is 2.02. The van der Waals surface area contributed by atoms with E-state index in [0.29, 0.717) is 12.5 Å². The average molecular weight is 269 g/mol. The summed E-state index contributed by atoms with van der Waals surface area (Å²) in [5, 5.41) is 4.89. The summed E-state index contributed by atoms with van der Waals surface area (Å²) in [6.07, 6.45) is 1.80. The Morgan fingerprint density at radius 3 is 3.33 bits per heavy atom. The lowest BCUT2D eigenvalue weighted by molar-refractivity contribution is 0.0661. The fraction of sp³-hybridized carbons (Fsp3) is 0.400. The van der Waals surface area contributed by atoms with Crippen LogP contribution < -0.4 is 4.74 Å². The molecule has 0 saturated carbocycles. The van der Waals surface area contributed by atoms with Gasteiger partial charge in [0.05, 0.1) is 11.5 Å². The summed E-state index contributed by atoms with van der Waals surface area (Å²) in [6.45, 7) is 0.596. The van der Waals surface area contributed by atoms with Gasteiger partial charge in [0.2, 0.25) is 5.88 Å². The van der Waals surface area contributed by atoms with Gasteiger partial charge in [-0.3, -0.25) is 0 Å². The highest BCUT2D eigenvalue weighted by atomic mass is 79.9. The SMILES string of the molecule is BrCC1ON=C2c3cccnc3OCC21. The molecule has 1 aromatic rings. The number of hydrogen-bond acceptors (Lipinski definition) is 4. The maximum atomic E-state index is 5.58. The molecule has 3 heterocycles. The summed E-state index contributed by atoms with van der Waals surface area (Å²) in [6, 6.07) is 3.85. The first-order valence-electron chi connectivity index (χ1n) is 4.78. The van der Waals surface area contributed by atoms with Gasteiger partial charge in [-0.25, -0.2) is 4.98 Å². The molecule has 0 saturated heterocycles. The minimum Gasteiger partial charge on any atom is -0.476 e. The largest absolute Gasteiger partial charge is 0.476 e. The van der Waals surface area contributed by atoms with Gasteiger partial charge in [-0.15, -0.1) is 0 Å². The smallest absolute Gasteiger partial charge is 0.222 e. The number of halogens is 1. The van der Waals surface area contributed by atoms with Gasteiger partial charge in [-0.1, -0.05) is 21.1 Å². The molecule has 4 nitrogen and oxygen atoms in total. The predicted molar refractivity (Wildman–Crippen MR) is 58.4 cm³/mol. The van der Waals surface area contributed by atoms with Crippen LogP contribution in [0.5, 0.6) is 5.88 Å². The number of hydrogen-bond donors (Lipinski definition) is 0. The van der Waals surface area contributed by atoms with Gasteiger partial charge < -0.3 is 9.57 Å². The first kappa shape index (κ1) is 9.15. The molecule has 0 fully saturated rings. The maximum Gasteiger partial charge on any atom is 0.222 e. The van der Waals surface area contributed by atoms with Crippen molar-refractivity contribution in [3.63, 3.8) is 0 Å². The van der Waals surface area contributed by atoms with Crippen LogP contribution in [0.1, 0.15) is 5.56 Å². The predicted octanol–water partition coefficient (Wildman–Crippen LogP) is 1.59. The molecule has 15 heavy (non-hydrogen) atoms. The highest BCUT2D eigenvalue weighted by Crippen LogP contribution is 2.32. The lowest BCUT2D eigenvalue weighted by Gasteiger charge is -2.23. The van der Waals surface area contributed by atoms with Crippen LogP contribution >= 0.6 is 15.9 Å². The first-order chi connectivity index (χ1) is 7.40. The van der Waals surface area contributed by atoms with Gasteiger partial charge in [0, 0.05) is 11.5 Å². The second-order valence-corrected chi connectivity index (χ2v) is 4.20. The van der Waals surface area contributed by atoms with Crippen molar-refractivity contribution in [1.29, 1.82) is 0 Å². The summed E-state index contributed by atoms with van der Waals surface area (Å²) in [5.41, 5.74) is 1.92. The van der Waals surface area contributed by atoms with E-state index in [1.165, 1.54) is 0 Å². The van der Waals surface area contributed by atoms with Crippen LogP contribution in [0.4, 0.5) is 0 Å². The van der Waals surface area contributed by atoms with E-state index in [9.17, 15) is 0 Å². The molecule has 2 unspecified atom stereocenters. The molecular weight excluding hydrogens is 260 g/mol. The lowest BCUT2D eigenvalue weighted by Crippen LogP contribution is -2.34. The van der Waals surface area contributed by atoms with Crippen molar-refractivity contribution >= 4 is 21.6 Å². The summed E-state index contributed by atoms with van der Waals surface area (Å²) >= 11 is 3.41. The third-order valence-corrected chi connectivity index (χ3v) is 3.32. The molecule has 0 spiro atoms. The van der Waals surface area contributed by atoms with Crippen LogP contribution in [0.2, 0.25) is 0 Å². The fourth-order valence-electron chi connectivity index (χ4n) is 1.88. The Morgan fingerprint density at radius 1 is 1.53 bits per heavy atom. The van der Waals surface area contributed by atoms with Crippen molar-refractivity contribution in [2.75, 3.05) is 11.9 Å². The van der Waals surface area contributed by atoms with Gasteiger partial charge in [0.25, 0.3) is 0 Å². The van der Waals surface area contributed by atoms with Gasteiger partial charge >= 0.3 is 0 Å². The zero-order valence-corrected chi connectivity index (χ0v) is 9.48. The topological polar surface area (TPSA) is 43.7 Å². The molecule has 2 aliphatic rings. The van der Waals surface area contributed by atoms with E-state index in [1.807, 2.05) is 12.1 Å². The first-order valence-corrected chi connectivity index (χ1v) is 5.90. The van der Waals surface area contributed by atoms with Crippen molar-refractivity contribution in [3.05, 3.63) is 23.9 Å². The fourth-order valence-corrected chi connectivity index (χ4v) is 2.45. The Bertz CT molecular complexity index is 422. The third kappa shape index (κ3) is 1.33. The molecule has 0 amide bonds. The highest BCUT2D eigenvalue weighted by Gasteiger charge is 2.39. The summed E-state index contributed by atoms with van der Waals surface area (Å²) < 4.78 is 5.58. The molecule has 1 aromatic heterocycles. The van der Waals surface area contributed by atoms with Crippen molar-refractivity contribution in [1.82, 2.24) is 4.98 Å². The van der Waals surface area contributed by atoms with Crippen LogP contribution in [0.3, 0.4) is 0 Å². The van der Waals surface area contributed by atoms with Crippen LogP contribution in [-0.4, -0.2) is 28.7 Å². The average Bonchev–Trinajstić information content (AvgIpc) is 2.72. The minimum atomic E-state index is 0.0772. The molecular formula is C10H9BrN2O2. The highest BCUT2D eigenvalue weighted by molar-refractivity contribution is 9.09. The van der Waals surface area contributed by atoms with Crippen LogP contribution in [0.25, 0.3) is 0 Å². The molecule has 0 radical (unpaired) electrons. The molecule has 2 aliphatic heterocycles. The molecule has 0 N–H and O–H groups in total. The van der Waals surface area contributed by atoms with Gasteiger partial charge in [-0.05, 0) is 12.1 Å².